The molecular formula is C18H32IN3O3. The van der Waals surface area contributed by atoms with Crippen molar-refractivity contribution in [2.75, 3.05) is 45.8 Å². The van der Waals surface area contributed by atoms with Crippen LogP contribution in [0.15, 0.2) is 23.2 Å². The van der Waals surface area contributed by atoms with E-state index in [1.807, 2.05) is 25.1 Å². The number of rotatable bonds is 10. The molecule has 6 nitrogen and oxygen atoms in total. The Hall–Kier alpha value is -1.22. The van der Waals surface area contributed by atoms with Gasteiger partial charge in [0, 0.05) is 38.1 Å². The number of hydrogen-bond donors (Lipinski definition) is 2. The van der Waals surface area contributed by atoms with E-state index in [2.05, 4.69) is 29.5 Å². The third-order valence-electron chi connectivity index (χ3n) is 3.16. The van der Waals surface area contributed by atoms with Crippen molar-refractivity contribution in [1.82, 2.24) is 5.32 Å². The average Bonchev–Trinajstić information content (AvgIpc) is 2.57. The highest BCUT2D eigenvalue weighted by Gasteiger charge is 2.06. The maximum Gasteiger partial charge on any atom is 0.195 e. The molecule has 0 fully saturated rings. The number of nitrogens with one attached hydrogen (secondary N) is 2. The highest BCUT2D eigenvalue weighted by Crippen LogP contribution is 2.29. The van der Waals surface area contributed by atoms with E-state index in [4.69, 9.17) is 14.2 Å². The molecule has 0 aliphatic carbocycles. The van der Waals surface area contributed by atoms with Crippen molar-refractivity contribution in [3.63, 3.8) is 0 Å². The Morgan fingerprint density at radius 1 is 1.16 bits per heavy atom. The Kier molecular flexibility index (Phi) is 13.3. The molecule has 7 heteroatoms. The lowest BCUT2D eigenvalue weighted by Gasteiger charge is -2.14. The molecule has 0 saturated carbocycles. The second kappa shape index (κ2) is 14.0. The van der Waals surface area contributed by atoms with Gasteiger partial charge in [0.25, 0.3) is 0 Å². The predicted octanol–water partition coefficient (Wildman–Crippen LogP) is 3.76. The molecule has 0 spiro atoms. The van der Waals surface area contributed by atoms with Crippen molar-refractivity contribution in [2.45, 2.75) is 27.2 Å². The van der Waals surface area contributed by atoms with Crippen LogP contribution < -0.4 is 20.1 Å². The first kappa shape index (κ1) is 23.8. The van der Waals surface area contributed by atoms with Gasteiger partial charge in [-0.25, -0.2) is 0 Å². The first-order chi connectivity index (χ1) is 11.6. The van der Waals surface area contributed by atoms with Crippen LogP contribution >= 0.6 is 24.0 Å². The lowest BCUT2D eigenvalue weighted by atomic mass is 10.2. The van der Waals surface area contributed by atoms with Gasteiger partial charge in [-0.1, -0.05) is 13.8 Å². The van der Waals surface area contributed by atoms with Crippen LogP contribution in [0.3, 0.4) is 0 Å². The summed E-state index contributed by atoms with van der Waals surface area (Å²) in [5.41, 5.74) is 0.892. The van der Waals surface area contributed by atoms with Crippen molar-refractivity contribution in [1.29, 1.82) is 0 Å². The van der Waals surface area contributed by atoms with Crippen LogP contribution in [-0.4, -0.2) is 46.5 Å². The van der Waals surface area contributed by atoms with Gasteiger partial charge in [0.05, 0.1) is 14.2 Å². The number of benzene rings is 1. The number of aliphatic imine (C=N–C) groups is 1. The maximum absolute atomic E-state index is 5.57. The molecule has 0 unspecified atom stereocenters. The average molecular weight is 465 g/mol. The lowest BCUT2D eigenvalue weighted by Crippen LogP contribution is -2.30. The van der Waals surface area contributed by atoms with Crippen LogP contribution in [0.25, 0.3) is 0 Å². The van der Waals surface area contributed by atoms with Gasteiger partial charge in [-0.05, 0) is 31.4 Å². The van der Waals surface area contributed by atoms with Gasteiger partial charge in [0.15, 0.2) is 17.5 Å². The van der Waals surface area contributed by atoms with Crippen LogP contribution in [0.5, 0.6) is 11.5 Å². The normalized spacial score (nSPS) is 11.0. The number of ether oxygens (including phenoxy) is 3. The Labute approximate surface area is 168 Å². The molecule has 0 atom stereocenters. The van der Waals surface area contributed by atoms with Crippen LogP contribution in [0.2, 0.25) is 0 Å². The highest BCUT2D eigenvalue weighted by atomic mass is 127. The van der Waals surface area contributed by atoms with Crippen LogP contribution in [0.4, 0.5) is 5.69 Å². The minimum atomic E-state index is 0. The van der Waals surface area contributed by atoms with Gasteiger partial charge >= 0.3 is 0 Å². The summed E-state index contributed by atoms with van der Waals surface area (Å²) in [6, 6.07) is 5.68. The molecule has 0 aromatic heterocycles. The molecule has 0 radical (unpaired) electrons. The summed E-state index contributed by atoms with van der Waals surface area (Å²) in [4.78, 5) is 4.57. The van der Waals surface area contributed by atoms with Gasteiger partial charge in [-0.2, -0.15) is 0 Å². The van der Waals surface area contributed by atoms with E-state index in [0.717, 1.165) is 37.8 Å². The molecule has 0 heterocycles. The van der Waals surface area contributed by atoms with Gasteiger partial charge in [-0.15, -0.1) is 24.0 Å². The van der Waals surface area contributed by atoms with E-state index in [-0.39, 0.29) is 24.0 Å². The second-order valence-corrected chi connectivity index (χ2v) is 5.78. The van der Waals surface area contributed by atoms with E-state index >= 15 is 0 Å². The molecule has 1 aromatic rings. The van der Waals surface area contributed by atoms with E-state index < -0.39 is 0 Å². The number of anilines is 1. The summed E-state index contributed by atoms with van der Waals surface area (Å²) in [7, 11) is 3.25. The molecule has 0 aliphatic rings. The molecule has 0 aliphatic heterocycles. The van der Waals surface area contributed by atoms with E-state index in [9.17, 15) is 0 Å². The third-order valence-corrected chi connectivity index (χ3v) is 3.16. The summed E-state index contributed by atoms with van der Waals surface area (Å²) in [6.07, 6.45) is 0.898. The van der Waals surface area contributed by atoms with Gasteiger partial charge in [0.2, 0.25) is 0 Å². The van der Waals surface area contributed by atoms with Gasteiger partial charge in [0.1, 0.15) is 0 Å². The predicted molar refractivity (Wildman–Crippen MR) is 115 cm³/mol. The van der Waals surface area contributed by atoms with E-state index in [1.54, 1.807) is 14.2 Å². The fraction of sp³-hybridized carbons (Fsp3) is 0.611. The molecule has 2 N–H and O–H groups in total. The fourth-order valence-electron chi connectivity index (χ4n) is 2.03. The summed E-state index contributed by atoms with van der Waals surface area (Å²) in [6.45, 7) is 9.37. The lowest BCUT2D eigenvalue weighted by molar-refractivity contribution is 0.109. The first-order valence-corrected chi connectivity index (χ1v) is 8.45. The minimum Gasteiger partial charge on any atom is -0.493 e. The molecule has 0 amide bonds. The topological polar surface area (TPSA) is 64.1 Å². The zero-order valence-electron chi connectivity index (χ0n) is 15.9. The van der Waals surface area contributed by atoms with Crippen molar-refractivity contribution >= 4 is 35.6 Å². The van der Waals surface area contributed by atoms with Crippen molar-refractivity contribution in [3.05, 3.63) is 18.2 Å². The number of methoxy groups -OCH3 is 2. The quantitative estimate of drug-likeness (QED) is 0.239. The highest BCUT2D eigenvalue weighted by molar-refractivity contribution is 14.0. The van der Waals surface area contributed by atoms with Crippen molar-refractivity contribution < 1.29 is 14.2 Å². The van der Waals surface area contributed by atoms with Crippen LogP contribution in [-0.2, 0) is 4.74 Å². The standard InChI is InChI=1S/C18H31N3O3.HI/c1-6-19-18(20-10-7-11-24-13-14(2)3)21-15-8-9-16(22-4)17(12-15)23-5;/h8-9,12,14H,6-7,10-11,13H2,1-5H3,(H2,19,20,21);1H. The zero-order valence-corrected chi connectivity index (χ0v) is 18.3. The van der Waals surface area contributed by atoms with Gasteiger partial charge < -0.3 is 24.8 Å². The Morgan fingerprint density at radius 2 is 1.88 bits per heavy atom. The fourth-order valence-corrected chi connectivity index (χ4v) is 2.03. The number of guanidine groups is 1. The Balaban J connectivity index is 0.00000576. The van der Waals surface area contributed by atoms with Crippen molar-refractivity contribution in [2.24, 2.45) is 10.9 Å². The van der Waals surface area contributed by atoms with Crippen LogP contribution in [0.1, 0.15) is 27.2 Å². The molecule has 1 aromatic carbocycles. The number of nitrogens with zero attached hydrogens (tertiary/aromatic N) is 1. The SMILES string of the molecule is CCNC(=NCCCOCC(C)C)Nc1ccc(OC)c(OC)c1.I. The molecule has 0 bridgehead atoms. The van der Waals surface area contributed by atoms with E-state index in [1.165, 1.54) is 0 Å². The van der Waals surface area contributed by atoms with E-state index in [0.29, 0.717) is 24.0 Å². The summed E-state index contributed by atoms with van der Waals surface area (Å²) in [5, 5.41) is 6.51. The Morgan fingerprint density at radius 3 is 2.48 bits per heavy atom. The monoisotopic (exact) mass is 465 g/mol. The summed E-state index contributed by atoms with van der Waals surface area (Å²) < 4.78 is 16.1. The Bertz CT molecular complexity index is 510. The molecule has 1 rings (SSSR count). The maximum atomic E-state index is 5.57. The summed E-state index contributed by atoms with van der Waals surface area (Å²) in [5.74, 6) is 2.69. The minimum absolute atomic E-state index is 0. The smallest absolute Gasteiger partial charge is 0.195 e. The molecule has 144 valence electrons. The van der Waals surface area contributed by atoms with Gasteiger partial charge in [-0.3, -0.25) is 4.99 Å². The van der Waals surface area contributed by atoms with Crippen molar-refractivity contribution in [3.8, 4) is 11.5 Å². The number of halogens is 1. The largest absolute Gasteiger partial charge is 0.493 e. The molecule has 25 heavy (non-hydrogen) atoms. The number of hydrogen-bond acceptors (Lipinski definition) is 4. The first-order valence-electron chi connectivity index (χ1n) is 8.45. The molecule has 0 saturated heterocycles. The zero-order chi connectivity index (χ0) is 17.8. The summed E-state index contributed by atoms with van der Waals surface area (Å²) >= 11 is 0. The second-order valence-electron chi connectivity index (χ2n) is 5.78. The molecular weight excluding hydrogens is 433 g/mol. The van der Waals surface area contributed by atoms with Crippen LogP contribution in [0, 0.1) is 5.92 Å². The third kappa shape index (κ3) is 9.74.